The molecular formula is C29H31ClN6O4S. The van der Waals surface area contributed by atoms with Gasteiger partial charge in [0.2, 0.25) is 16.0 Å². The Kier molecular flexibility index (Phi) is 7.76. The summed E-state index contributed by atoms with van der Waals surface area (Å²) >= 11 is 6.03. The number of sulfonamides is 1. The van der Waals surface area contributed by atoms with Gasteiger partial charge >= 0.3 is 0 Å². The van der Waals surface area contributed by atoms with Crippen molar-refractivity contribution in [3.05, 3.63) is 92.5 Å². The van der Waals surface area contributed by atoms with Crippen LogP contribution in [-0.4, -0.2) is 48.2 Å². The van der Waals surface area contributed by atoms with Crippen molar-refractivity contribution in [3.8, 4) is 0 Å². The molecule has 214 valence electrons. The molecule has 12 heteroatoms. The Bertz CT molecular complexity index is 1810. The van der Waals surface area contributed by atoms with Gasteiger partial charge in [-0.15, -0.1) is 0 Å². The number of carbonyl (C=O) groups excluding carboxylic acids is 1. The number of halogens is 1. The van der Waals surface area contributed by atoms with Crippen molar-refractivity contribution in [1.29, 1.82) is 0 Å². The summed E-state index contributed by atoms with van der Waals surface area (Å²) in [6.45, 7) is 5.31. The van der Waals surface area contributed by atoms with Crippen LogP contribution in [-0.2, 0) is 17.1 Å². The second-order valence-electron chi connectivity index (χ2n) is 10.5. The third-order valence-corrected chi connectivity index (χ3v) is 8.03. The van der Waals surface area contributed by atoms with Gasteiger partial charge in [0.15, 0.2) is 5.69 Å². The summed E-state index contributed by atoms with van der Waals surface area (Å²) in [7, 11) is -2.08. The summed E-state index contributed by atoms with van der Waals surface area (Å²) < 4.78 is 26.9. The predicted molar refractivity (Wildman–Crippen MR) is 161 cm³/mol. The Labute approximate surface area is 243 Å². The second-order valence-corrected chi connectivity index (χ2v) is 12.6. The molecule has 1 saturated heterocycles. The van der Waals surface area contributed by atoms with Crippen LogP contribution in [0.5, 0.6) is 0 Å². The first kappa shape index (κ1) is 28.6. The number of nitrogens with one attached hydrogen (secondary N) is 2. The zero-order valence-electron chi connectivity index (χ0n) is 23.2. The number of amides is 1. The molecule has 5 rings (SSSR count). The lowest BCUT2D eigenvalue weighted by Gasteiger charge is -2.23. The van der Waals surface area contributed by atoms with Gasteiger partial charge in [-0.3, -0.25) is 14.2 Å². The largest absolute Gasteiger partial charge is 0.377 e. The van der Waals surface area contributed by atoms with Crippen molar-refractivity contribution in [1.82, 2.24) is 19.3 Å². The van der Waals surface area contributed by atoms with Crippen LogP contribution in [0.1, 0.15) is 52.5 Å². The highest BCUT2D eigenvalue weighted by Gasteiger charge is 2.28. The van der Waals surface area contributed by atoms with Crippen molar-refractivity contribution in [2.24, 2.45) is 7.05 Å². The number of hydrogen-bond donors (Lipinski definition) is 2. The molecule has 1 aliphatic heterocycles. The average Bonchev–Trinajstić information content (AvgIpc) is 3.41. The number of carbonyl (C=O) groups is 1. The number of aromatic nitrogens is 3. The smallest absolute Gasteiger partial charge is 0.285 e. The fourth-order valence-corrected chi connectivity index (χ4v) is 5.93. The number of benzene rings is 2. The van der Waals surface area contributed by atoms with Crippen LogP contribution >= 0.6 is 11.6 Å². The number of fused-ring (bicyclic) bond motifs is 1. The first-order valence-electron chi connectivity index (χ1n) is 13.2. The topological polar surface area (TPSA) is 126 Å². The van der Waals surface area contributed by atoms with E-state index < -0.39 is 22.0 Å². The molecule has 2 aromatic carbocycles. The van der Waals surface area contributed by atoms with E-state index in [1.54, 1.807) is 17.7 Å². The highest BCUT2D eigenvalue weighted by Crippen LogP contribution is 2.32. The molecule has 0 saturated carbocycles. The van der Waals surface area contributed by atoms with E-state index in [4.69, 9.17) is 16.6 Å². The van der Waals surface area contributed by atoms with Gasteiger partial charge in [0.05, 0.1) is 28.9 Å². The number of anilines is 2. The standard InChI is InChI=1S/C29H31ClN6O4S/c1-17-14-21(18(2)31-23-10-11-24(30)32-26(23)27(37)34-41(4,39)40)25-22(15-17)28(38)35(3)29(33-25)36-13-12-20(16-36)19-8-6-5-7-9-19/h5-11,14-15,18,20,31H,12-13,16H2,1-4H3,(H,34,37)/t18-,20-/m1/s1. The van der Waals surface area contributed by atoms with Crippen LogP contribution < -0.4 is 20.5 Å². The molecule has 2 N–H and O–H groups in total. The first-order valence-corrected chi connectivity index (χ1v) is 15.4. The first-order chi connectivity index (χ1) is 19.4. The normalized spacial score (nSPS) is 16.1. The molecule has 2 atom stereocenters. The summed E-state index contributed by atoms with van der Waals surface area (Å²) in [6.07, 6.45) is 1.84. The van der Waals surface area contributed by atoms with Crippen LogP contribution in [0.2, 0.25) is 5.15 Å². The molecule has 41 heavy (non-hydrogen) atoms. The van der Waals surface area contributed by atoms with E-state index in [9.17, 15) is 18.0 Å². The predicted octanol–water partition coefficient (Wildman–Crippen LogP) is 4.15. The minimum absolute atomic E-state index is 0.0390. The van der Waals surface area contributed by atoms with E-state index in [1.165, 1.54) is 11.6 Å². The number of pyridine rings is 1. The lowest BCUT2D eigenvalue weighted by molar-refractivity contribution is 0.0977. The molecule has 4 aromatic rings. The van der Waals surface area contributed by atoms with Crippen LogP contribution in [0.4, 0.5) is 11.6 Å². The van der Waals surface area contributed by atoms with Gasteiger partial charge < -0.3 is 10.2 Å². The third-order valence-electron chi connectivity index (χ3n) is 7.27. The summed E-state index contributed by atoms with van der Waals surface area (Å²) in [4.78, 5) is 37.5. The maximum absolute atomic E-state index is 13.6. The van der Waals surface area contributed by atoms with E-state index in [-0.39, 0.29) is 22.1 Å². The van der Waals surface area contributed by atoms with Gasteiger partial charge in [-0.1, -0.05) is 48.0 Å². The van der Waals surface area contributed by atoms with E-state index in [2.05, 4.69) is 27.3 Å². The Morgan fingerprint density at radius 2 is 1.85 bits per heavy atom. The number of aryl methyl sites for hydroxylation is 1. The minimum atomic E-state index is -3.82. The maximum atomic E-state index is 13.6. The molecule has 1 amide bonds. The van der Waals surface area contributed by atoms with E-state index in [0.717, 1.165) is 36.9 Å². The monoisotopic (exact) mass is 594 g/mol. The Balaban J connectivity index is 1.53. The quantitative estimate of drug-likeness (QED) is 0.306. The van der Waals surface area contributed by atoms with Crippen LogP contribution in [0.25, 0.3) is 10.9 Å². The lowest BCUT2D eigenvalue weighted by Crippen LogP contribution is -2.31. The van der Waals surface area contributed by atoms with E-state index in [1.807, 2.05) is 48.9 Å². The Morgan fingerprint density at radius 3 is 2.56 bits per heavy atom. The lowest BCUT2D eigenvalue weighted by atomic mass is 9.99. The number of hydrogen-bond acceptors (Lipinski definition) is 8. The van der Waals surface area contributed by atoms with Gasteiger partial charge in [-0.05, 0) is 49.6 Å². The molecule has 3 heterocycles. The summed E-state index contributed by atoms with van der Waals surface area (Å²) in [5, 5.41) is 3.78. The highest BCUT2D eigenvalue weighted by molar-refractivity contribution is 7.89. The van der Waals surface area contributed by atoms with Crippen molar-refractivity contribution in [2.75, 3.05) is 29.6 Å². The molecule has 1 aliphatic rings. The van der Waals surface area contributed by atoms with Crippen LogP contribution in [0, 0.1) is 6.92 Å². The van der Waals surface area contributed by atoms with Crippen LogP contribution in [0.3, 0.4) is 0 Å². The van der Waals surface area contributed by atoms with Crippen molar-refractivity contribution >= 4 is 50.1 Å². The van der Waals surface area contributed by atoms with Gasteiger partial charge in [0.25, 0.3) is 11.5 Å². The second kappa shape index (κ2) is 11.1. The summed E-state index contributed by atoms with van der Waals surface area (Å²) in [5.74, 6) is 0.0329. The third kappa shape index (κ3) is 6.06. The van der Waals surface area contributed by atoms with Gasteiger partial charge in [-0.25, -0.2) is 23.1 Å². The average molecular weight is 595 g/mol. The van der Waals surface area contributed by atoms with Crippen molar-refractivity contribution < 1.29 is 13.2 Å². The minimum Gasteiger partial charge on any atom is -0.377 e. The highest BCUT2D eigenvalue weighted by atomic mass is 35.5. The van der Waals surface area contributed by atoms with Crippen molar-refractivity contribution in [3.63, 3.8) is 0 Å². The molecule has 0 unspecified atom stereocenters. The SMILES string of the molecule is Cc1cc([C@@H](C)Nc2ccc(Cl)nc2C(=O)NS(C)(=O)=O)c2nc(N3CC[C@@H](c4ccccc4)C3)n(C)c(=O)c2c1. The van der Waals surface area contributed by atoms with E-state index in [0.29, 0.717) is 22.8 Å². The number of rotatable bonds is 7. The zero-order valence-corrected chi connectivity index (χ0v) is 24.8. The molecule has 10 nitrogen and oxygen atoms in total. The fourth-order valence-electron chi connectivity index (χ4n) is 5.35. The van der Waals surface area contributed by atoms with Crippen LogP contribution in [0.15, 0.2) is 59.4 Å². The van der Waals surface area contributed by atoms with Crippen molar-refractivity contribution in [2.45, 2.75) is 32.2 Å². The van der Waals surface area contributed by atoms with E-state index >= 15 is 0 Å². The van der Waals surface area contributed by atoms with Gasteiger partial charge in [0, 0.05) is 31.6 Å². The molecule has 2 aromatic heterocycles. The zero-order chi connectivity index (χ0) is 29.5. The Morgan fingerprint density at radius 1 is 1.12 bits per heavy atom. The number of nitrogens with zero attached hydrogens (tertiary/aromatic N) is 4. The maximum Gasteiger partial charge on any atom is 0.285 e. The Hall–Kier alpha value is -3.96. The molecule has 0 radical (unpaired) electrons. The van der Waals surface area contributed by atoms with Gasteiger partial charge in [-0.2, -0.15) is 0 Å². The molecule has 0 aliphatic carbocycles. The fraction of sp³-hybridized carbons (Fsp3) is 0.310. The molecule has 0 spiro atoms. The van der Waals surface area contributed by atoms with Gasteiger partial charge in [0.1, 0.15) is 5.15 Å². The summed E-state index contributed by atoms with van der Waals surface area (Å²) in [6, 6.07) is 16.8. The summed E-state index contributed by atoms with van der Waals surface area (Å²) in [5.41, 5.74) is 3.42. The molecule has 0 bridgehead atoms. The molecule has 1 fully saturated rings. The molecular weight excluding hydrogens is 564 g/mol.